The van der Waals surface area contributed by atoms with Crippen molar-refractivity contribution in [2.45, 2.75) is 6.54 Å². The molecule has 1 aliphatic heterocycles. The van der Waals surface area contributed by atoms with Crippen LogP contribution < -0.4 is 15.0 Å². The van der Waals surface area contributed by atoms with Gasteiger partial charge >= 0.3 is 0 Å². The molecule has 26 heavy (non-hydrogen) atoms. The number of ether oxygens (including phenoxy) is 1. The quantitative estimate of drug-likeness (QED) is 0.767. The summed E-state index contributed by atoms with van der Waals surface area (Å²) in [6.07, 6.45) is 1.78. The largest absolute Gasteiger partial charge is 0.497 e. The maximum atomic E-state index is 5.19. The van der Waals surface area contributed by atoms with Gasteiger partial charge in [0.05, 0.1) is 13.7 Å². The Labute approximate surface area is 153 Å². The van der Waals surface area contributed by atoms with Gasteiger partial charge in [0, 0.05) is 37.4 Å². The lowest BCUT2D eigenvalue weighted by Crippen LogP contribution is -2.43. The molecule has 0 bridgehead atoms. The van der Waals surface area contributed by atoms with E-state index in [0.717, 1.165) is 48.9 Å². The molecule has 134 valence electrons. The zero-order valence-electron chi connectivity index (χ0n) is 14.9. The summed E-state index contributed by atoms with van der Waals surface area (Å²) in [7, 11) is 1.67. The van der Waals surface area contributed by atoms with Crippen molar-refractivity contribution < 1.29 is 4.74 Å². The van der Waals surface area contributed by atoms with Crippen molar-refractivity contribution in [3.8, 4) is 17.1 Å². The number of hydrogen-bond donors (Lipinski definition) is 1. The summed E-state index contributed by atoms with van der Waals surface area (Å²) in [4.78, 5) is 6.86. The van der Waals surface area contributed by atoms with Gasteiger partial charge in [-0.1, -0.05) is 12.1 Å². The van der Waals surface area contributed by atoms with Crippen LogP contribution in [0, 0.1) is 0 Å². The fourth-order valence-electron chi connectivity index (χ4n) is 3.17. The Morgan fingerprint density at radius 2 is 1.73 bits per heavy atom. The first-order valence-corrected chi connectivity index (χ1v) is 8.90. The highest BCUT2D eigenvalue weighted by Crippen LogP contribution is 2.21. The third-order valence-corrected chi connectivity index (χ3v) is 4.65. The van der Waals surface area contributed by atoms with E-state index >= 15 is 0 Å². The highest BCUT2D eigenvalue weighted by atomic mass is 16.5. The molecule has 0 amide bonds. The van der Waals surface area contributed by atoms with Crippen LogP contribution in [0.3, 0.4) is 0 Å². The van der Waals surface area contributed by atoms with Crippen molar-refractivity contribution >= 4 is 5.69 Å². The van der Waals surface area contributed by atoms with Crippen LogP contribution in [0.5, 0.6) is 5.75 Å². The van der Waals surface area contributed by atoms with Crippen molar-refractivity contribution in [3.05, 3.63) is 60.4 Å². The van der Waals surface area contributed by atoms with Gasteiger partial charge in [0.15, 0.2) is 5.82 Å². The zero-order chi connectivity index (χ0) is 17.8. The highest BCUT2D eigenvalue weighted by Gasteiger charge is 2.11. The molecule has 1 fully saturated rings. The van der Waals surface area contributed by atoms with Crippen molar-refractivity contribution in [3.63, 3.8) is 0 Å². The summed E-state index contributed by atoms with van der Waals surface area (Å²) in [5.74, 6) is 1.61. The fraction of sp³-hybridized carbons (Fsp3) is 0.300. The smallest absolute Gasteiger partial charge is 0.181 e. The van der Waals surface area contributed by atoms with Crippen LogP contribution in [0.1, 0.15) is 5.56 Å². The lowest BCUT2D eigenvalue weighted by molar-refractivity contribution is 0.414. The number of rotatable bonds is 5. The Kier molecular flexibility index (Phi) is 4.84. The number of hydrogen-bond acceptors (Lipinski definition) is 5. The minimum atomic E-state index is 0.690. The monoisotopic (exact) mass is 349 g/mol. The van der Waals surface area contributed by atoms with Gasteiger partial charge in [-0.3, -0.25) is 0 Å². The van der Waals surface area contributed by atoms with Crippen molar-refractivity contribution in [2.24, 2.45) is 0 Å². The minimum absolute atomic E-state index is 0.690. The van der Waals surface area contributed by atoms with Crippen LogP contribution in [0.15, 0.2) is 54.9 Å². The second-order valence-electron chi connectivity index (χ2n) is 6.40. The van der Waals surface area contributed by atoms with E-state index in [1.807, 2.05) is 28.9 Å². The fourth-order valence-corrected chi connectivity index (χ4v) is 3.17. The summed E-state index contributed by atoms with van der Waals surface area (Å²) in [5.41, 5.74) is 3.46. The Hall–Kier alpha value is -2.86. The van der Waals surface area contributed by atoms with Crippen LogP contribution in [-0.2, 0) is 6.54 Å². The SMILES string of the molecule is COc1ccc(Cn2cnc(-c3ccc(N4CCNCC4)cc3)n2)cc1. The van der Waals surface area contributed by atoms with Gasteiger partial charge in [-0.25, -0.2) is 9.67 Å². The van der Waals surface area contributed by atoms with Gasteiger partial charge in [-0.05, 0) is 42.0 Å². The molecule has 0 radical (unpaired) electrons. The molecule has 2 heterocycles. The molecule has 0 atom stereocenters. The maximum absolute atomic E-state index is 5.19. The van der Waals surface area contributed by atoms with E-state index in [1.54, 1.807) is 13.4 Å². The Morgan fingerprint density at radius 3 is 2.42 bits per heavy atom. The molecule has 2 aromatic carbocycles. The number of piperazine rings is 1. The van der Waals surface area contributed by atoms with E-state index in [1.165, 1.54) is 5.69 Å². The van der Waals surface area contributed by atoms with Crippen LogP contribution >= 0.6 is 0 Å². The Morgan fingerprint density at radius 1 is 1.00 bits per heavy atom. The van der Waals surface area contributed by atoms with Crippen LogP contribution in [-0.4, -0.2) is 48.1 Å². The summed E-state index contributed by atoms with van der Waals surface area (Å²) in [6, 6.07) is 16.5. The number of methoxy groups -OCH3 is 1. The van der Waals surface area contributed by atoms with Gasteiger partial charge in [-0.2, -0.15) is 5.10 Å². The molecule has 1 aromatic heterocycles. The zero-order valence-corrected chi connectivity index (χ0v) is 14.9. The molecule has 0 unspecified atom stereocenters. The normalized spacial score (nSPS) is 14.4. The van der Waals surface area contributed by atoms with E-state index in [9.17, 15) is 0 Å². The molecule has 1 N–H and O–H groups in total. The first kappa shape index (κ1) is 16.6. The summed E-state index contributed by atoms with van der Waals surface area (Å²) in [6.45, 7) is 4.87. The van der Waals surface area contributed by atoms with Gasteiger partial charge in [0.25, 0.3) is 0 Å². The number of nitrogens with one attached hydrogen (secondary N) is 1. The number of benzene rings is 2. The summed E-state index contributed by atoms with van der Waals surface area (Å²) < 4.78 is 7.06. The van der Waals surface area contributed by atoms with E-state index < -0.39 is 0 Å². The number of aromatic nitrogens is 3. The molecule has 6 nitrogen and oxygen atoms in total. The van der Waals surface area contributed by atoms with E-state index in [4.69, 9.17) is 4.74 Å². The predicted octanol–water partition coefficient (Wildman–Crippen LogP) is 2.41. The Balaban J connectivity index is 1.45. The van der Waals surface area contributed by atoms with Crippen LogP contribution in [0.2, 0.25) is 0 Å². The molecular weight excluding hydrogens is 326 g/mol. The highest BCUT2D eigenvalue weighted by molar-refractivity contribution is 5.60. The van der Waals surface area contributed by atoms with Crippen molar-refractivity contribution in [1.29, 1.82) is 0 Å². The van der Waals surface area contributed by atoms with E-state index in [2.05, 4.69) is 44.6 Å². The lowest BCUT2D eigenvalue weighted by atomic mass is 10.2. The summed E-state index contributed by atoms with van der Waals surface area (Å²) >= 11 is 0. The standard InChI is InChI=1S/C20H23N5O/c1-26-19-8-2-16(3-9-19)14-25-15-22-20(23-25)17-4-6-18(7-5-17)24-12-10-21-11-13-24/h2-9,15,21H,10-14H2,1H3. The lowest BCUT2D eigenvalue weighted by Gasteiger charge is -2.29. The third kappa shape index (κ3) is 3.70. The van der Waals surface area contributed by atoms with Gasteiger partial charge in [0.1, 0.15) is 12.1 Å². The summed E-state index contributed by atoms with van der Waals surface area (Å²) in [5, 5.41) is 7.99. The molecule has 3 aromatic rings. The first-order chi connectivity index (χ1) is 12.8. The second kappa shape index (κ2) is 7.58. The van der Waals surface area contributed by atoms with Crippen LogP contribution in [0.25, 0.3) is 11.4 Å². The molecule has 1 saturated heterocycles. The number of nitrogens with zero attached hydrogens (tertiary/aromatic N) is 4. The maximum Gasteiger partial charge on any atom is 0.181 e. The molecule has 0 aliphatic carbocycles. The van der Waals surface area contributed by atoms with Crippen molar-refractivity contribution in [2.75, 3.05) is 38.2 Å². The average molecular weight is 349 g/mol. The first-order valence-electron chi connectivity index (χ1n) is 8.90. The molecular formula is C20H23N5O. The topological polar surface area (TPSA) is 55.2 Å². The average Bonchev–Trinajstić information content (AvgIpc) is 3.18. The van der Waals surface area contributed by atoms with Gasteiger partial charge in [-0.15, -0.1) is 0 Å². The van der Waals surface area contributed by atoms with Gasteiger partial charge < -0.3 is 15.0 Å². The molecule has 1 aliphatic rings. The Bertz CT molecular complexity index is 835. The van der Waals surface area contributed by atoms with Gasteiger partial charge in [0.2, 0.25) is 0 Å². The molecule has 6 heteroatoms. The molecule has 4 rings (SSSR count). The predicted molar refractivity (Wildman–Crippen MR) is 103 cm³/mol. The minimum Gasteiger partial charge on any atom is -0.497 e. The van der Waals surface area contributed by atoms with E-state index in [-0.39, 0.29) is 0 Å². The molecule has 0 spiro atoms. The van der Waals surface area contributed by atoms with E-state index in [0.29, 0.717) is 6.54 Å². The second-order valence-corrected chi connectivity index (χ2v) is 6.40. The third-order valence-electron chi connectivity index (χ3n) is 4.65. The van der Waals surface area contributed by atoms with Crippen LogP contribution in [0.4, 0.5) is 5.69 Å². The number of anilines is 1. The van der Waals surface area contributed by atoms with Crippen molar-refractivity contribution in [1.82, 2.24) is 20.1 Å². The molecule has 0 saturated carbocycles.